The highest BCUT2D eigenvalue weighted by atomic mass is 16.2. The van der Waals surface area contributed by atoms with Gasteiger partial charge in [0.1, 0.15) is 5.82 Å². The molecule has 2 aromatic heterocycles. The molecule has 0 aliphatic carbocycles. The van der Waals surface area contributed by atoms with Gasteiger partial charge in [-0.1, -0.05) is 18.2 Å². The molecule has 3 aromatic rings. The van der Waals surface area contributed by atoms with Crippen molar-refractivity contribution in [1.82, 2.24) is 14.5 Å². The number of para-hydroxylation sites is 1. The topological polar surface area (TPSA) is 41.4 Å². The molecule has 2 aliphatic rings. The number of carbonyl (C=O) groups excluding carboxylic acids is 1. The van der Waals surface area contributed by atoms with Crippen LogP contribution in [0.3, 0.4) is 0 Å². The Bertz CT molecular complexity index is 1080. The lowest BCUT2D eigenvalue weighted by Crippen LogP contribution is -2.49. The first kappa shape index (κ1) is 18.2. The molecule has 2 aliphatic heterocycles. The molecule has 4 heterocycles. The molecule has 1 aromatic carbocycles. The summed E-state index contributed by atoms with van der Waals surface area (Å²) in [5.74, 6) is 1.26. The molecular formula is C24H28N4O. The van der Waals surface area contributed by atoms with Crippen molar-refractivity contribution in [3.05, 3.63) is 58.9 Å². The Hall–Kier alpha value is -2.82. The first-order valence-corrected chi connectivity index (χ1v) is 10.7. The van der Waals surface area contributed by atoms with Crippen LogP contribution in [0.4, 0.5) is 5.82 Å². The number of amides is 1. The lowest BCUT2D eigenvalue weighted by molar-refractivity contribution is -0.130. The summed E-state index contributed by atoms with van der Waals surface area (Å²) in [7, 11) is 0. The molecule has 0 spiro atoms. The number of hydrogen-bond donors (Lipinski definition) is 0. The minimum absolute atomic E-state index is 0.244. The Balaban J connectivity index is 1.32. The van der Waals surface area contributed by atoms with Crippen LogP contribution in [0.5, 0.6) is 0 Å². The number of piperazine rings is 1. The third kappa shape index (κ3) is 3.18. The fourth-order valence-corrected chi connectivity index (χ4v) is 4.95. The van der Waals surface area contributed by atoms with Gasteiger partial charge in [0.25, 0.3) is 0 Å². The standard InChI is InChI=1S/C24H28N4O/c1-17-8-9-25-22(15-17)26-11-13-27(14-12-26)23(29)16-21-18(2)28-10-4-6-19-5-3-7-20(21)24(19)28/h3,5,7-9,15H,4,6,10-14,16H2,1-2H3. The van der Waals surface area contributed by atoms with Crippen molar-refractivity contribution in [3.8, 4) is 0 Å². The Kier molecular flexibility index (Phi) is 4.53. The highest BCUT2D eigenvalue weighted by molar-refractivity contribution is 5.92. The summed E-state index contributed by atoms with van der Waals surface area (Å²) in [6.07, 6.45) is 4.69. The molecule has 1 amide bonds. The van der Waals surface area contributed by atoms with E-state index >= 15 is 0 Å². The maximum absolute atomic E-state index is 13.1. The van der Waals surface area contributed by atoms with Gasteiger partial charge < -0.3 is 14.4 Å². The van der Waals surface area contributed by atoms with Crippen LogP contribution >= 0.6 is 0 Å². The van der Waals surface area contributed by atoms with E-state index in [1.54, 1.807) is 0 Å². The molecule has 5 heteroatoms. The van der Waals surface area contributed by atoms with Crippen LogP contribution in [0.15, 0.2) is 36.5 Å². The van der Waals surface area contributed by atoms with E-state index in [4.69, 9.17) is 0 Å². The van der Waals surface area contributed by atoms with Crippen LogP contribution in [-0.2, 0) is 24.2 Å². The number of rotatable bonds is 3. The molecular weight excluding hydrogens is 360 g/mol. The second-order valence-corrected chi connectivity index (χ2v) is 8.37. The molecule has 0 radical (unpaired) electrons. The van der Waals surface area contributed by atoms with Gasteiger partial charge in [0.05, 0.1) is 11.9 Å². The van der Waals surface area contributed by atoms with E-state index in [-0.39, 0.29) is 5.91 Å². The largest absolute Gasteiger partial charge is 0.353 e. The summed E-state index contributed by atoms with van der Waals surface area (Å²) in [5, 5.41) is 1.27. The lowest BCUT2D eigenvalue weighted by Gasteiger charge is -2.35. The molecule has 0 atom stereocenters. The SMILES string of the molecule is Cc1ccnc(N2CCN(C(=O)Cc3c(C)n4c5c(cccc35)CCC4)CC2)c1. The molecule has 29 heavy (non-hydrogen) atoms. The zero-order valence-corrected chi connectivity index (χ0v) is 17.3. The molecule has 150 valence electrons. The molecule has 0 saturated carbocycles. The predicted molar refractivity (Wildman–Crippen MR) is 116 cm³/mol. The average Bonchev–Trinajstić information content (AvgIpc) is 3.02. The monoisotopic (exact) mass is 388 g/mol. The summed E-state index contributed by atoms with van der Waals surface area (Å²) in [4.78, 5) is 21.9. The summed E-state index contributed by atoms with van der Waals surface area (Å²) in [6.45, 7) is 8.54. The number of aryl methyl sites for hydroxylation is 3. The van der Waals surface area contributed by atoms with Gasteiger partial charge in [-0.15, -0.1) is 0 Å². The van der Waals surface area contributed by atoms with Gasteiger partial charge in [-0.25, -0.2) is 4.98 Å². The Labute approximate surface area is 171 Å². The Morgan fingerprint density at radius 3 is 2.69 bits per heavy atom. The van der Waals surface area contributed by atoms with Crippen LogP contribution in [0, 0.1) is 13.8 Å². The number of pyridine rings is 1. The third-order valence-electron chi connectivity index (χ3n) is 6.57. The smallest absolute Gasteiger partial charge is 0.227 e. The first-order valence-electron chi connectivity index (χ1n) is 10.7. The summed E-state index contributed by atoms with van der Waals surface area (Å²) < 4.78 is 2.43. The number of carbonyl (C=O) groups is 1. The van der Waals surface area contributed by atoms with Gasteiger partial charge in [0, 0.05) is 50.0 Å². The van der Waals surface area contributed by atoms with Gasteiger partial charge in [0.2, 0.25) is 5.91 Å². The molecule has 0 unspecified atom stereocenters. The Morgan fingerprint density at radius 1 is 1.07 bits per heavy atom. The normalized spacial score (nSPS) is 16.5. The second kappa shape index (κ2) is 7.21. The van der Waals surface area contributed by atoms with Crippen LogP contribution in [0.1, 0.15) is 28.8 Å². The molecule has 5 nitrogen and oxygen atoms in total. The average molecular weight is 389 g/mol. The molecule has 1 saturated heterocycles. The van der Waals surface area contributed by atoms with E-state index in [0.29, 0.717) is 6.42 Å². The van der Waals surface area contributed by atoms with E-state index in [9.17, 15) is 4.79 Å². The fraction of sp³-hybridized carbons (Fsp3) is 0.417. The van der Waals surface area contributed by atoms with Gasteiger partial charge >= 0.3 is 0 Å². The minimum atomic E-state index is 0.244. The highest BCUT2D eigenvalue weighted by Gasteiger charge is 2.25. The maximum atomic E-state index is 13.1. The Morgan fingerprint density at radius 2 is 1.90 bits per heavy atom. The zero-order chi connectivity index (χ0) is 20.0. The van der Waals surface area contributed by atoms with Crippen molar-refractivity contribution in [1.29, 1.82) is 0 Å². The number of benzene rings is 1. The maximum Gasteiger partial charge on any atom is 0.227 e. The summed E-state index contributed by atoms with van der Waals surface area (Å²) in [6, 6.07) is 10.7. The third-order valence-corrected chi connectivity index (χ3v) is 6.57. The van der Waals surface area contributed by atoms with Gasteiger partial charge in [-0.2, -0.15) is 0 Å². The number of anilines is 1. The van der Waals surface area contributed by atoms with Crippen LogP contribution in [0.2, 0.25) is 0 Å². The quantitative estimate of drug-likeness (QED) is 0.690. The van der Waals surface area contributed by atoms with Crippen molar-refractivity contribution in [2.24, 2.45) is 0 Å². The highest BCUT2D eigenvalue weighted by Crippen LogP contribution is 2.33. The lowest BCUT2D eigenvalue weighted by atomic mass is 10.0. The van der Waals surface area contributed by atoms with Crippen molar-refractivity contribution in [2.45, 2.75) is 39.7 Å². The summed E-state index contributed by atoms with van der Waals surface area (Å²) in [5.41, 5.74) is 6.49. The van der Waals surface area contributed by atoms with Gasteiger partial charge in [0.15, 0.2) is 0 Å². The van der Waals surface area contributed by atoms with Crippen molar-refractivity contribution in [3.63, 3.8) is 0 Å². The molecule has 1 fully saturated rings. The fourth-order valence-electron chi connectivity index (χ4n) is 4.95. The van der Waals surface area contributed by atoms with E-state index in [0.717, 1.165) is 45.0 Å². The predicted octanol–water partition coefficient (Wildman–Crippen LogP) is 3.49. The van der Waals surface area contributed by atoms with E-state index in [2.05, 4.69) is 52.6 Å². The number of hydrogen-bond acceptors (Lipinski definition) is 3. The van der Waals surface area contributed by atoms with Crippen LogP contribution in [0.25, 0.3) is 10.9 Å². The van der Waals surface area contributed by atoms with E-state index in [1.807, 2.05) is 17.2 Å². The van der Waals surface area contributed by atoms with Crippen molar-refractivity contribution in [2.75, 3.05) is 31.1 Å². The van der Waals surface area contributed by atoms with E-state index < -0.39 is 0 Å². The zero-order valence-electron chi connectivity index (χ0n) is 17.3. The van der Waals surface area contributed by atoms with Crippen molar-refractivity contribution < 1.29 is 4.79 Å². The molecule has 5 rings (SSSR count). The van der Waals surface area contributed by atoms with Crippen LogP contribution in [-0.4, -0.2) is 46.5 Å². The molecule has 0 N–H and O–H groups in total. The van der Waals surface area contributed by atoms with Gasteiger partial charge in [-0.05, 0) is 55.5 Å². The van der Waals surface area contributed by atoms with E-state index in [1.165, 1.54) is 39.7 Å². The number of nitrogens with zero attached hydrogens (tertiary/aromatic N) is 4. The summed E-state index contributed by atoms with van der Waals surface area (Å²) >= 11 is 0. The minimum Gasteiger partial charge on any atom is -0.353 e. The molecule has 0 bridgehead atoms. The van der Waals surface area contributed by atoms with Crippen molar-refractivity contribution >= 4 is 22.6 Å². The second-order valence-electron chi connectivity index (χ2n) is 8.37. The number of aromatic nitrogens is 2. The van der Waals surface area contributed by atoms with Gasteiger partial charge in [-0.3, -0.25) is 4.79 Å². The van der Waals surface area contributed by atoms with Crippen LogP contribution < -0.4 is 4.90 Å². The first-order chi connectivity index (χ1) is 14.1.